The number of amides is 2. The summed E-state index contributed by atoms with van der Waals surface area (Å²) in [5.41, 5.74) is 1.57. The third-order valence-corrected chi connectivity index (χ3v) is 4.23. The number of rotatable bonds is 7. The summed E-state index contributed by atoms with van der Waals surface area (Å²) >= 11 is 5.58. The lowest BCUT2D eigenvalue weighted by atomic mass is 9.99. The molecule has 28 heavy (non-hydrogen) atoms. The second-order valence-corrected chi connectivity index (χ2v) is 6.53. The highest BCUT2D eigenvalue weighted by Crippen LogP contribution is 2.20. The molecule has 0 aromatic heterocycles. The van der Waals surface area contributed by atoms with Gasteiger partial charge in [0.2, 0.25) is 0 Å². The van der Waals surface area contributed by atoms with Crippen molar-refractivity contribution in [1.29, 1.82) is 0 Å². The van der Waals surface area contributed by atoms with Gasteiger partial charge in [0.25, 0.3) is 5.91 Å². The Bertz CT molecular complexity index is 889. The van der Waals surface area contributed by atoms with Gasteiger partial charge in [0.15, 0.2) is 6.61 Å². The van der Waals surface area contributed by atoms with E-state index in [1.807, 2.05) is 30.3 Å². The van der Waals surface area contributed by atoms with E-state index in [0.29, 0.717) is 12.1 Å². The van der Waals surface area contributed by atoms with Crippen LogP contribution in [0.3, 0.4) is 0 Å². The van der Waals surface area contributed by atoms with Crippen LogP contribution in [0.2, 0.25) is 5.02 Å². The maximum atomic E-state index is 13.3. The lowest BCUT2D eigenvalue weighted by Crippen LogP contribution is -2.43. The lowest BCUT2D eigenvalue weighted by molar-refractivity contribution is -0.122. The number of alkyl carbamates (subject to hydrolysis) is 1. The summed E-state index contributed by atoms with van der Waals surface area (Å²) in [5.74, 6) is -0.790. The van der Waals surface area contributed by atoms with Gasteiger partial charge in [-0.1, -0.05) is 41.9 Å². The molecule has 1 aliphatic carbocycles. The molecule has 3 rings (SSSR count). The Kier molecular flexibility index (Phi) is 6.49. The number of ether oxygens (including phenoxy) is 2. The monoisotopic (exact) mass is 404 g/mol. The van der Waals surface area contributed by atoms with Crippen LogP contribution in [-0.2, 0) is 16.1 Å². The number of carbonyl (C=O) groups excluding carboxylic acids is 2. The van der Waals surface area contributed by atoms with Gasteiger partial charge in [0, 0.05) is 18.2 Å². The largest absolute Gasteiger partial charge is 0.484 e. The Morgan fingerprint density at radius 3 is 2.64 bits per heavy atom. The first-order valence-corrected chi connectivity index (χ1v) is 8.93. The summed E-state index contributed by atoms with van der Waals surface area (Å²) < 4.78 is 23.7. The minimum Gasteiger partial charge on any atom is -0.484 e. The Hall–Kier alpha value is -3.06. The van der Waals surface area contributed by atoms with Crippen LogP contribution in [0.4, 0.5) is 9.18 Å². The molecule has 2 amide bonds. The van der Waals surface area contributed by atoms with E-state index in [2.05, 4.69) is 10.6 Å². The molecule has 8 heteroatoms. The molecule has 6 nitrogen and oxygen atoms in total. The van der Waals surface area contributed by atoms with Crippen molar-refractivity contribution in [2.24, 2.45) is 0 Å². The average Bonchev–Trinajstić information content (AvgIpc) is 2.66. The van der Waals surface area contributed by atoms with Crippen LogP contribution in [0.25, 0.3) is 0 Å². The quantitative estimate of drug-likeness (QED) is 0.739. The van der Waals surface area contributed by atoms with E-state index in [1.165, 1.54) is 12.1 Å². The molecule has 0 radical (unpaired) electrons. The Morgan fingerprint density at radius 1 is 1.18 bits per heavy atom. The standard InChI is InChI=1S/C20H18ClFN2O4/c21-17-7-6-16(10-18(17)22)27-12-19(25)23-14-8-15(9-14)24-20(26)28-11-13-4-2-1-3-5-13/h1-8,10,15H,9,11-12H2,(H,23,25)(H,24,26). The topological polar surface area (TPSA) is 76.7 Å². The molecule has 0 spiro atoms. The predicted molar refractivity (Wildman–Crippen MR) is 101 cm³/mol. The molecule has 1 aliphatic rings. The third-order valence-electron chi connectivity index (χ3n) is 3.92. The minimum absolute atomic E-state index is 0.0164. The van der Waals surface area contributed by atoms with Crippen LogP contribution in [0.5, 0.6) is 5.75 Å². The average molecular weight is 405 g/mol. The Balaban J connectivity index is 1.35. The maximum absolute atomic E-state index is 13.3. The van der Waals surface area contributed by atoms with Gasteiger partial charge in [-0.2, -0.15) is 0 Å². The molecular formula is C20H18ClFN2O4. The van der Waals surface area contributed by atoms with Gasteiger partial charge in [-0.25, -0.2) is 9.18 Å². The number of hydrogen-bond acceptors (Lipinski definition) is 4. The normalized spacial score (nSPS) is 15.1. The molecule has 0 bridgehead atoms. The summed E-state index contributed by atoms with van der Waals surface area (Å²) in [7, 11) is 0. The van der Waals surface area contributed by atoms with Crippen molar-refractivity contribution in [3.8, 4) is 5.75 Å². The van der Waals surface area contributed by atoms with Gasteiger partial charge in [0.05, 0.1) is 11.1 Å². The first-order valence-electron chi connectivity index (χ1n) is 8.55. The SMILES string of the molecule is O=C(COc1ccc(Cl)c(F)c1)NC1=CC(NC(=O)OCc2ccccc2)C1. The highest BCUT2D eigenvalue weighted by Gasteiger charge is 2.23. The van der Waals surface area contributed by atoms with Crippen molar-refractivity contribution in [2.75, 3.05) is 6.61 Å². The number of nitrogens with one attached hydrogen (secondary N) is 2. The molecule has 1 atom stereocenters. The summed E-state index contributed by atoms with van der Waals surface area (Å²) in [6.07, 6.45) is 1.66. The highest BCUT2D eigenvalue weighted by molar-refractivity contribution is 6.30. The molecular weight excluding hydrogens is 387 g/mol. The highest BCUT2D eigenvalue weighted by atomic mass is 35.5. The first kappa shape index (κ1) is 19.7. The van der Waals surface area contributed by atoms with Gasteiger partial charge in [-0.05, 0) is 23.8 Å². The molecule has 2 aromatic rings. The molecule has 2 aromatic carbocycles. The van der Waals surface area contributed by atoms with E-state index >= 15 is 0 Å². The fraction of sp³-hybridized carbons (Fsp3) is 0.200. The zero-order valence-electron chi connectivity index (χ0n) is 14.8. The van der Waals surface area contributed by atoms with Crippen LogP contribution >= 0.6 is 11.6 Å². The van der Waals surface area contributed by atoms with Crippen molar-refractivity contribution in [1.82, 2.24) is 10.6 Å². The van der Waals surface area contributed by atoms with Crippen LogP contribution < -0.4 is 15.4 Å². The first-order chi connectivity index (χ1) is 13.5. The maximum Gasteiger partial charge on any atom is 0.407 e. The second-order valence-electron chi connectivity index (χ2n) is 6.12. The molecule has 0 aliphatic heterocycles. The van der Waals surface area contributed by atoms with Crippen LogP contribution in [0, 0.1) is 5.82 Å². The van der Waals surface area contributed by atoms with Gasteiger partial charge < -0.3 is 20.1 Å². The molecule has 0 heterocycles. The zero-order chi connectivity index (χ0) is 19.9. The van der Waals surface area contributed by atoms with Gasteiger partial charge in [-0.15, -0.1) is 0 Å². The van der Waals surface area contributed by atoms with Crippen molar-refractivity contribution >= 4 is 23.6 Å². The minimum atomic E-state index is -0.616. The Morgan fingerprint density at radius 2 is 1.93 bits per heavy atom. The fourth-order valence-corrected chi connectivity index (χ4v) is 2.60. The molecule has 0 fully saturated rings. The van der Waals surface area contributed by atoms with E-state index < -0.39 is 11.9 Å². The summed E-state index contributed by atoms with van der Waals surface area (Å²) in [6.45, 7) is -0.0784. The van der Waals surface area contributed by atoms with Crippen LogP contribution in [-0.4, -0.2) is 24.6 Å². The second kappa shape index (κ2) is 9.23. The van der Waals surface area contributed by atoms with Crippen molar-refractivity contribution in [2.45, 2.75) is 19.1 Å². The van der Waals surface area contributed by atoms with Crippen LogP contribution in [0.15, 0.2) is 60.3 Å². The van der Waals surface area contributed by atoms with E-state index in [9.17, 15) is 14.0 Å². The van der Waals surface area contributed by atoms with E-state index in [0.717, 1.165) is 11.6 Å². The number of hydrogen-bond donors (Lipinski definition) is 2. The molecule has 0 saturated carbocycles. The third kappa shape index (κ3) is 5.72. The van der Waals surface area contributed by atoms with Gasteiger partial charge >= 0.3 is 6.09 Å². The summed E-state index contributed by atoms with van der Waals surface area (Å²) in [4.78, 5) is 23.6. The number of halogens is 2. The summed E-state index contributed by atoms with van der Waals surface area (Å²) in [5, 5.41) is 5.33. The van der Waals surface area contributed by atoms with Gasteiger partial charge in [-0.3, -0.25) is 4.79 Å². The van der Waals surface area contributed by atoms with E-state index in [1.54, 1.807) is 6.08 Å². The van der Waals surface area contributed by atoms with Gasteiger partial charge in [0.1, 0.15) is 18.2 Å². The molecule has 146 valence electrons. The molecule has 0 saturated heterocycles. The van der Waals surface area contributed by atoms with Crippen LogP contribution in [0.1, 0.15) is 12.0 Å². The number of carbonyl (C=O) groups is 2. The lowest BCUT2D eigenvalue weighted by Gasteiger charge is -2.26. The van der Waals surface area contributed by atoms with Crippen molar-refractivity contribution in [3.63, 3.8) is 0 Å². The predicted octanol–water partition coefficient (Wildman–Crippen LogP) is 3.56. The summed E-state index contributed by atoms with van der Waals surface area (Å²) in [6, 6.07) is 13.1. The van der Waals surface area contributed by atoms with Crippen molar-refractivity contribution in [3.05, 3.63) is 76.7 Å². The fourth-order valence-electron chi connectivity index (χ4n) is 2.48. The smallest absolute Gasteiger partial charge is 0.407 e. The van der Waals surface area contributed by atoms with E-state index in [4.69, 9.17) is 21.1 Å². The van der Waals surface area contributed by atoms with Crippen molar-refractivity contribution < 1.29 is 23.5 Å². The number of benzene rings is 2. The molecule has 1 unspecified atom stereocenters. The van der Waals surface area contributed by atoms with E-state index in [-0.39, 0.29) is 35.9 Å². The Labute approximate surface area is 166 Å². The molecule has 2 N–H and O–H groups in total. The zero-order valence-corrected chi connectivity index (χ0v) is 15.5.